The Kier molecular flexibility index (Phi) is 6.54. The van der Waals surface area contributed by atoms with E-state index in [0.717, 1.165) is 12.0 Å². The summed E-state index contributed by atoms with van der Waals surface area (Å²) >= 11 is 1.64. The number of benzene rings is 1. The summed E-state index contributed by atoms with van der Waals surface area (Å²) in [5.41, 5.74) is 0.148. The van der Waals surface area contributed by atoms with E-state index >= 15 is 0 Å². The number of rotatable bonds is 5. The average molecular weight is 353 g/mol. The maximum absolute atomic E-state index is 12.5. The lowest BCUT2D eigenvalue weighted by Crippen LogP contribution is -2.54. The lowest BCUT2D eigenvalue weighted by atomic mass is 9.82. The van der Waals surface area contributed by atoms with Crippen molar-refractivity contribution >= 4 is 18.0 Å². The minimum Gasteiger partial charge on any atom is -0.445 e. The van der Waals surface area contributed by atoms with Crippen molar-refractivity contribution in [2.45, 2.75) is 38.5 Å². The highest BCUT2D eigenvalue weighted by Crippen LogP contribution is 2.30. The number of piperidine rings is 1. The number of ether oxygens (including phenoxy) is 1. The molecule has 0 aromatic heterocycles. The van der Waals surface area contributed by atoms with Crippen LogP contribution in [-0.4, -0.2) is 58.4 Å². The van der Waals surface area contributed by atoms with E-state index in [2.05, 4.69) is 4.31 Å². The van der Waals surface area contributed by atoms with E-state index in [1.807, 2.05) is 57.5 Å². The van der Waals surface area contributed by atoms with Gasteiger partial charge in [0, 0.05) is 25.0 Å². The summed E-state index contributed by atoms with van der Waals surface area (Å²) in [4.78, 5) is 14.2. The molecular formula is C18H28N2O3S. The molecule has 1 aromatic rings. The van der Waals surface area contributed by atoms with Crippen LogP contribution in [0, 0.1) is 5.92 Å². The quantitative estimate of drug-likeness (QED) is 0.826. The summed E-state index contributed by atoms with van der Waals surface area (Å²) in [6, 6.07) is 9.87. The maximum atomic E-state index is 12.5. The van der Waals surface area contributed by atoms with Gasteiger partial charge in [0.05, 0.1) is 5.60 Å². The standard InChI is InChI=1S/C18H28N2O3S/c1-18(2,22)15-10-16(19(3)24-4)12-20(11-15)17(21)23-13-14-8-6-5-7-9-14/h5-9,15-16,22H,10-13H2,1-4H3. The number of aliphatic hydroxyl groups is 1. The van der Waals surface area contributed by atoms with Crippen LogP contribution in [-0.2, 0) is 11.3 Å². The Balaban J connectivity index is 2.01. The summed E-state index contributed by atoms with van der Waals surface area (Å²) in [6.45, 7) is 5.04. The SMILES string of the molecule is CSN(C)C1CC(C(C)(C)O)CN(C(=O)OCc2ccccc2)C1. The molecule has 1 aromatic carbocycles. The van der Waals surface area contributed by atoms with E-state index in [1.54, 1.807) is 16.8 Å². The van der Waals surface area contributed by atoms with E-state index in [-0.39, 0.29) is 24.7 Å². The van der Waals surface area contributed by atoms with Crippen molar-refractivity contribution in [2.75, 3.05) is 26.4 Å². The molecule has 0 aliphatic carbocycles. The lowest BCUT2D eigenvalue weighted by molar-refractivity contribution is -0.0309. The first kappa shape index (κ1) is 19.1. The van der Waals surface area contributed by atoms with Gasteiger partial charge in [-0.2, -0.15) is 0 Å². The molecule has 1 amide bonds. The number of hydrogen-bond donors (Lipinski definition) is 1. The van der Waals surface area contributed by atoms with E-state index in [1.165, 1.54) is 0 Å². The van der Waals surface area contributed by atoms with Crippen LogP contribution in [0.3, 0.4) is 0 Å². The smallest absolute Gasteiger partial charge is 0.410 e. The summed E-state index contributed by atoms with van der Waals surface area (Å²) in [5.74, 6) is 0.0233. The molecule has 24 heavy (non-hydrogen) atoms. The van der Waals surface area contributed by atoms with E-state index in [9.17, 15) is 9.90 Å². The highest BCUT2D eigenvalue weighted by molar-refractivity contribution is 7.96. The number of likely N-dealkylation sites (tertiary alicyclic amines) is 1. The fourth-order valence-electron chi connectivity index (χ4n) is 2.96. The van der Waals surface area contributed by atoms with E-state index in [4.69, 9.17) is 4.74 Å². The van der Waals surface area contributed by atoms with Crippen molar-refractivity contribution in [3.8, 4) is 0 Å². The van der Waals surface area contributed by atoms with Gasteiger partial charge < -0.3 is 14.7 Å². The van der Waals surface area contributed by atoms with Crippen molar-refractivity contribution in [1.82, 2.24) is 9.21 Å². The molecule has 6 heteroatoms. The van der Waals surface area contributed by atoms with Gasteiger partial charge in [-0.3, -0.25) is 0 Å². The van der Waals surface area contributed by atoms with Crippen LogP contribution >= 0.6 is 11.9 Å². The van der Waals surface area contributed by atoms with Gasteiger partial charge in [-0.05, 0) is 39.1 Å². The minimum atomic E-state index is -0.824. The molecule has 5 nitrogen and oxygen atoms in total. The van der Waals surface area contributed by atoms with Crippen LogP contribution in [0.1, 0.15) is 25.8 Å². The van der Waals surface area contributed by atoms with Gasteiger partial charge in [0.25, 0.3) is 0 Å². The summed E-state index contributed by atoms with van der Waals surface area (Å²) in [6.07, 6.45) is 2.57. The van der Waals surface area contributed by atoms with Crippen LogP contribution in [0.15, 0.2) is 30.3 Å². The van der Waals surface area contributed by atoms with Crippen LogP contribution in [0.5, 0.6) is 0 Å². The second-order valence-electron chi connectivity index (χ2n) is 6.91. The van der Waals surface area contributed by atoms with E-state index < -0.39 is 5.60 Å². The molecule has 1 aliphatic rings. The Morgan fingerprint density at radius 2 is 2.04 bits per heavy atom. The lowest BCUT2D eigenvalue weighted by Gasteiger charge is -2.44. The Morgan fingerprint density at radius 1 is 1.38 bits per heavy atom. The van der Waals surface area contributed by atoms with Gasteiger partial charge in [0.2, 0.25) is 0 Å². The second kappa shape index (κ2) is 8.23. The van der Waals surface area contributed by atoms with E-state index in [0.29, 0.717) is 13.1 Å². The third kappa shape index (κ3) is 5.13. The average Bonchev–Trinajstić information content (AvgIpc) is 2.58. The molecule has 134 valence electrons. The molecule has 2 unspecified atom stereocenters. The minimum absolute atomic E-state index is 0.0233. The molecule has 1 aliphatic heterocycles. The molecule has 2 rings (SSSR count). The zero-order chi connectivity index (χ0) is 17.7. The molecule has 1 N–H and O–H groups in total. The van der Waals surface area contributed by atoms with Crippen LogP contribution in [0.2, 0.25) is 0 Å². The van der Waals surface area contributed by atoms with Gasteiger partial charge in [0.15, 0.2) is 0 Å². The monoisotopic (exact) mass is 352 g/mol. The molecule has 2 atom stereocenters. The third-order valence-electron chi connectivity index (χ3n) is 4.69. The maximum Gasteiger partial charge on any atom is 0.410 e. The molecule has 0 spiro atoms. The summed E-state index contributed by atoms with van der Waals surface area (Å²) < 4.78 is 7.62. The topological polar surface area (TPSA) is 53.0 Å². The van der Waals surface area contributed by atoms with Crippen LogP contribution in [0.25, 0.3) is 0 Å². The molecular weight excluding hydrogens is 324 g/mol. The largest absolute Gasteiger partial charge is 0.445 e. The summed E-state index contributed by atoms with van der Waals surface area (Å²) in [5, 5.41) is 10.4. The Labute approximate surface area is 149 Å². The predicted molar refractivity (Wildman–Crippen MR) is 97.7 cm³/mol. The van der Waals surface area contributed by atoms with Crippen molar-refractivity contribution in [3.63, 3.8) is 0 Å². The zero-order valence-electron chi connectivity index (χ0n) is 14.9. The second-order valence-corrected chi connectivity index (χ2v) is 7.86. The third-order valence-corrected chi connectivity index (χ3v) is 5.57. The van der Waals surface area contributed by atoms with Crippen LogP contribution in [0.4, 0.5) is 4.79 Å². The molecule has 0 bridgehead atoms. The number of nitrogens with zero attached hydrogens (tertiary/aromatic N) is 2. The van der Waals surface area contributed by atoms with Crippen molar-refractivity contribution in [2.24, 2.45) is 5.92 Å². The highest BCUT2D eigenvalue weighted by atomic mass is 32.2. The number of carbonyl (C=O) groups excluding carboxylic acids is 1. The summed E-state index contributed by atoms with van der Waals surface area (Å²) in [7, 11) is 2.02. The predicted octanol–water partition coefficient (Wildman–Crippen LogP) is 2.99. The normalized spacial score (nSPS) is 21.8. The Bertz CT molecular complexity index is 533. The first-order valence-corrected chi connectivity index (χ1v) is 9.44. The van der Waals surface area contributed by atoms with Gasteiger partial charge >= 0.3 is 6.09 Å². The van der Waals surface area contributed by atoms with Gasteiger partial charge in [-0.15, -0.1) is 0 Å². The molecule has 0 radical (unpaired) electrons. The van der Waals surface area contributed by atoms with Crippen molar-refractivity contribution < 1.29 is 14.6 Å². The fraction of sp³-hybridized carbons (Fsp3) is 0.611. The van der Waals surface area contributed by atoms with Crippen molar-refractivity contribution in [3.05, 3.63) is 35.9 Å². The molecule has 1 heterocycles. The Morgan fingerprint density at radius 3 is 2.62 bits per heavy atom. The van der Waals surface area contributed by atoms with Gasteiger partial charge in [-0.25, -0.2) is 9.10 Å². The highest BCUT2D eigenvalue weighted by Gasteiger charge is 2.39. The first-order valence-electron chi connectivity index (χ1n) is 8.26. The first-order chi connectivity index (χ1) is 11.3. The number of hydrogen-bond acceptors (Lipinski definition) is 5. The van der Waals surface area contributed by atoms with Gasteiger partial charge in [0.1, 0.15) is 6.61 Å². The molecule has 1 fully saturated rings. The fourth-order valence-corrected chi connectivity index (χ4v) is 3.41. The molecule has 0 saturated carbocycles. The van der Waals surface area contributed by atoms with Gasteiger partial charge in [-0.1, -0.05) is 42.3 Å². The van der Waals surface area contributed by atoms with Crippen molar-refractivity contribution in [1.29, 1.82) is 0 Å². The zero-order valence-corrected chi connectivity index (χ0v) is 15.8. The number of carbonyl (C=O) groups is 1. The van der Waals surface area contributed by atoms with Crippen LogP contribution < -0.4 is 0 Å². The number of amides is 1. The number of likely N-dealkylation sites (N-methyl/N-ethyl adjacent to an activating group) is 1. The Hall–Kier alpha value is -1.24. The molecule has 1 saturated heterocycles.